The Morgan fingerprint density at radius 3 is 2.24 bits per heavy atom. The van der Waals surface area contributed by atoms with Crippen molar-refractivity contribution in [3.8, 4) is 0 Å². The summed E-state index contributed by atoms with van der Waals surface area (Å²) < 4.78 is 0. The van der Waals surface area contributed by atoms with E-state index in [0.29, 0.717) is 13.0 Å². The molecule has 5 heteroatoms. The molecule has 1 atom stereocenters. The number of hydrogen-bond donors (Lipinski definition) is 0. The van der Waals surface area contributed by atoms with Crippen molar-refractivity contribution in [3.63, 3.8) is 0 Å². The van der Waals surface area contributed by atoms with Gasteiger partial charge in [-0.25, -0.2) is 9.97 Å². The van der Waals surface area contributed by atoms with Gasteiger partial charge in [0.15, 0.2) is 0 Å². The first-order chi connectivity index (χ1) is 16.2. The SMILES string of the molecule is Cc1nc(C2CCCN2CCc2ccccc2)nc2c1CCC(=O)N2CCc1ccccc1. The van der Waals surface area contributed by atoms with Gasteiger partial charge in [-0.15, -0.1) is 0 Å². The molecule has 1 saturated heterocycles. The molecule has 5 rings (SSSR count). The summed E-state index contributed by atoms with van der Waals surface area (Å²) in [7, 11) is 0. The maximum Gasteiger partial charge on any atom is 0.228 e. The van der Waals surface area contributed by atoms with E-state index in [4.69, 9.17) is 9.97 Å². The molecule has 1 fully saturated rings. The van der Waals surface area contributed by atoms with Crippen LogP contribution in [0.3, 0.4) is 0 Å². The Labute approximate surface area is 196 Å². The average molecular weight is 441 g/mol. The van der Waals surface area contributed by atoms with Crippen molar-refractivity contribution in [2.45, 2.75) is 51.5 Å². The van der Waals surface area contributed by atoms with Crippen LogP contribution in [0.15, 0.2) is 60.7 Å². The smallest absolute Gasteiger partial charge is 0.228 e. The standard InChI is InChI=1S/C28H32N4O/c1-21-24-14-15-26(33)32(20-17-23-11-6-3-7-12-23)28(24)30-27(29-21)25-13-8-18-31(25)19-16-22-9-4-2-5-10-22/h2-7,9-12,25H,8,13-20H2,1H3. The number of carbonyl (C=O) groups excluding carboxylic acids is 1. The molecule has 2 aliphatic rings. The van der Waals surface area contributed by atoms with Crippen LogP contribution in [0.4, 0.5) is 5.82 Å². The predicted molar refractivity (Wildman–Crippen MR) is 131 cm³/mol. The van der Waals surface area contributed by atoms with Gasteiger partial charge in [-0.1, -0.05) is 60.7 Å². The van der Waals surface area contributed by atoms with Crippen LogP contribution in [0.5, 0.6) is 0 Å². The summed E-state index contributed by atoms with van der Waals surface area (Å²) in [6, 6.07) is 21.3. The lowest BCUT2D eigenvalue weighted by atomic mass is 10.0. The molecule has 0 saturated carbocycles. The Bertz CT molecular complexity index is 1100. The quantitative estimate of drug-likeness (QED) is 0.535. The Morgan fingerprint density at radius 1 is 0.879 bits per heavy atom. The molecule has 1 aromatic heterocycles. The number of rotatable bonds is 7. The van der Waals surface area contributed by atoms with E-state index in [-0.39, 0.29) is 11.9 Å². The Hall–Kier alpha value is -3.05. The minimum atomic E-state index is 0.176. The first-order valence-corrected chi connectivity index (χ1v) is 12.2. The first kappa shape index (κ1) is 21.8. The molecule has 5 nitrogen and oxygen atoms in total. The van der Waals surface area contributed by atoms with Crippen LogP contribution >= 0.6 is 0 Å². The van der Waals surface area contributed by atoms with E-state index in [0.717, 1.165) is 68.1 Å². The minimum Gasteiger partial charge on any atom is -0.296 e. The van der Waals surface area contributed by atoms with Gasteiger partial charge >= 0.3 is 0 Å². The molecule has 0 aliphatic carbocycles. The van der Waals surface area contributed by atoms with Gasteiger partial charge in [-0.2, -0.15) is 0 Å². The summed E-state index contributed by atoms with van der Waals surface area (Å²) in [5, 5.41) is 0. The Kier molecular flexibility index (Phi) is 6.49. The van der Waals surface area contributed by atoms with E-state index in [9.17, 15) is 4.79 Å². The molecule has 0 radical (unpaired) electrons. The summed E-state index contributed by atoms with van der Waals surface area (Å²) in [5.41, 5.74) is 4.78. The molecule has 2 aromatic carbocycles. The normalized spacial score (nSPS) is 18.5. The van der Waals surface area contributed by atoms with Crippen molar-refractivity contribution in [2.24, 2.45) is 0 Å². The molecular formula is C28H32N4O. The molecule has 1 amide bonds. The van der Waals surface area contributed by atoms with Crippen LogP contribution in [0, 0.1) is 6.92 Å². The fraction of sp³-hybridized carbons (Fsp3) is 0.393. The van der Waals surface area contributed by atoms with Crippen LogP contribution in [-0.4, -0.2) is 40.4 Å². The Morgan fingerprint density at radius 2 is 1.55 bits per heavy atom. The summed E-state index contributed by atoms with van der Waals surface area (Å²) in [6.07, 6.45) is 5.38. The van der Waals surface area contributed by atoms with Crippen LogP contribution in [0.25, 0.3) is 0 Å². The van der Waals surface area contributed by atoms with Crippen molar-refractivity contribution in [1.82, 2.24) is 14.9 Å². The summed E-state index contributed by atoms with van der Waals surface area (Å²) in [5.74, 6) is 1.91. The maximum absolute atomic E-state index is 12.9. The second-order valence-electron chi connectivity index (χ2n) is 9.18. The molecule has 33 heavy (non-hydrogen) atoms. The lowest BCUT2D eigenvalue weighted by molar-refractivity contribution is -0.118. The third-order valence-electron chi connectivity index (χ3n) is 7.01. The number of amides is 1. The predicted octanol–water partition coefficient (Wildman–Crippen LogP) is 4.69. The minimum absolute atomic E-state index is 0.176. The van der Waals surface area contributed by atoms with E-state index in [1.165, 1.54) is 11.1 Å². The number of likely N-dealkylation sites (tertiary alicyclic amines) is 1. The zero-order valence-corrected chi connectivity index (χ0v) is 19.4. The van der Waals surface area contributed by atoms with Crippen molar-refractivity contribution >= 4 is 11.7 Å². The van der Waals surface area contributed by atoms with Gasteiger partial charge < -0.3 is 0 Å². The summed E-state index contributed by atoms with van der Waals surface area (Å²) >= 11 is 0. The van der Waals surface area contributed by atoms with Gasteiger partial charge in [0.25, 0.3) is 0 Å². The third kappa shape index (κ3) is 4.83. The molecule has 1 unspecified atom stereocenters. The molecule has 3 aromatic rings. The maximum atomic E-state index is 12.9. The van der Waals surface area contributed by atoms with Gasteiger partial charge in [-0.05, 0) is 56.7 Å². The lowest BCUT2D eigenvalue weighted by Gasteiger charge is -2.31. The fourth-order valence-electron chi connectivity index (χ4n) is 5.17. The second-order valence-corrected chi connectivity index (χ2v) is 9.18. The van der Waals surface area contributed by atoms with E-state index >= 15 is 0 Å². The zero-order chi connectivity index (χ0) is 22.6. The highest BCUT2D eigenvalue weighted by Crippen LogP contribution is 2.34. The molecular weight excluding hydrogens is 408 g/mol. The lowest BCUT2D eigenvalue weighted by Crippen LogP contribution is -2.38. The Balaban J connectivity index is 1.37. The molecule has 0 spiro atoms. The number of carbonyl (C=O) groups is 1. The highest BCUT2D eigenvalue weighted by Gasteiger charge is 2.32. The molecule has 3 heterocycles. The van der Waals surface area contributed by atoms with E-state index in [1.54, 1.807) is 0 Å². The van der Waals surface area contributed by atoms with E-state index in [1.807, 2.05) is 11.0 Å². The molecule has 0 bridgehead atoms. The number of hydrogen-bond acceptors (Lipinski definition) is 4. The zero-order valence-electron chi connectivity index (χ0n) is 19.4. The summed E-state index contributed by atoms with van der Waals surface area (Å²) in [4.78, 5) is 27.4. The highest BCUT2D eigenvalue weighted by atomic mass is 16.2. The first-order valence-electron chi connectivity index (χ1n) is 12.2. The molecule has 0 N–H and O–H groups in total. The van der Waals surface area contributed by atoms with Gasteiger partial charge in [-0.3, -0.25) is 14.6 Å². The number of nitrogens with zero attached hydrogens (tertiary/aromatic N) is 4. The number of anilines is 1. The third-order valence-corrected chi connectivity index (χ3v) is 7.01. The van der Waals surface area contributed by atoms with Gasteiger partial charge in [0, 0.05) is 30.8 Å². The number of benzene rings is 2. The number of fused-ring (bicyclic) bond motifs is 1. The molecule has 170 valence electrons. The monoisotopic (exact) mass is 440 g/mol. The highest BCUT2D eigenvalue weighted by molar-refractivity contribution is 5.95. The van der Waals surface area contributed by atoms with Crippen LogP contribution in [0.2, 0.25) is 0 Å². The summed E-state index contributed by atoms with van der Waals surface area (Å²) in [6.45, 7) is 4.82. The van der Waals surface area contributed by atoms with Crippen LogP contribution in [0.1, 0.15) is 53.5 Å². The van der Waals surface area contributed by atoms with Gasteiger partial charge in [0.1, 0.15) is 11.6 Å². The van der Waals surface area contributed by atoms with Crippen LogP contribution in [-0.2, 0) is 24.1 Å². The fourth-order valence-corrected chi connectivity index (χ4v) is 5.17. The van der Waals surface area contributed by atoms with E-state index < -0.39 is 0 Å². The van der Waals surface area contributed by atoms with Crippen molar-refractivity contribution in [3.05, 3.63) is 88.9 Å². The second kappa shape index (κ2) is 9.84. The topological polar surface area (TPSA) is 49.3 Å². The van der Waals surface area contributed by atoms with E-state index in [2.05, 4.69) is 66.4 Å². The average Bonchev–Trinajstić information content (AvgIpc) is 3.32. The largest absolute Gasteiger partial charge is 0.296 e. The molecule has 2 aliphatic heterocycles. The van der Waals surface area contributed by atoms with Gasteiger partial charge in [0.2, 0.25) is 5.91 Å². The number of aromatic nitrogens is 2. The van der Waals surface area contributed by atoms with Gasteiger partial charge in [0.05, 0.1) is 6.04 Å². The van der Waals surface area contributed by atoms with Crippen molar-refractivity contribution in [2.75, 3.05) is 24.5 Å². The number of aryl methyl sites for hydroxylation is 1. The van der Waals surface area contributed by atoms with Crippen molar-refractivity contribution in [1.29, 1.82) is 0 Å². The van der Waals surface area contributed by atoms with Crippen LogP contribution < -0.4 is 4.90 Å². The van der Waals surface area contributed by atoms with Crippen molar-refractivity contribution < 1.29 is 4.79 Å².